The van der Waals surface area contributed by atoms with E-state index in [-0.39, 0.29) is 0 Å². The Labute approximate surface area is 71.8 Å². The van der Waals surface area contributed by atoms with Crippen molar-refractivity contribution in [3.8, 4) is 0 Å². The van der Waals surface area contributed by atoms with Crippen LogP contribution in [-0.4, -0.2) is 9.90 Å². The van der Waals surface area contributed by atoms with Gasteiger partial charge in [-0.2, -0.15) is 8.78 Å². The zero-order valence-corrected chi connectivity index (χ0v) is 7.64. The first-order valence-electron chi connectivity index (χ1n) is 1.38. The molecule has 2 nitrogen and oxygen atoms in total. The minimum atomic E-state index is -3.39. The van der Waals surface area contributed by atoms with E-state index in [4.69, 9.17) is 0 Å². The molecule has 0 aliphatic heterocycles. The van der Waals surface area contributed by atoms with Gasteiger partial charge in [-0.05, 0) is 0 Å². The summed E-state index contributed by atoms with van der Waals surface area (Å²) in [5, 5.41) is 0. The molecule has 0 radical (unpaired) electrons. The van der Waals surface area contributed by atoms with Gasteiger partial charge in [-0.1, -0.05) is 0 Å². The zero-order valence-electron chi connectivity index (χ0n) is 3.33. The van der Waals surface area contributed by atoms with Crippen LogP contribution in [0.4, 0.5) is 8.78 Å². The molecule has 0 heterocycles. The van der Waals surface area contributed by atoms with Crippen LogP contribution < -0.4 is 0 Å². The van der Waals surface area contributed by atoms with Crippen LogP contribution in [0.15, 0.2) is 0 Å². The highest BCUT2D eigenvalue weighted by Gasteiger charge is 2.36. The van der Waals surface area contributed by atoms with E-state index < -0.39 is 9.90 Å². The van der Waals surface area contributed by atoms with Gasteiger partial charge in [0.2, 0.25) is 0 Å². The number of carbonyl (C=O) groups excluding carboxylic acids is 1. The first-order chi connectivity index (χ1) is 3.48. The second kappa shape index (κ2) is 3.08. The van der Waals surface area contributed by atoms with Crippen LogP contribution in [0.2, 0.25) is 0 Å². The molecule has 0 rings (SSSR count). The molecule has 6 heteroatoms. The summed E-state index contributed by atoms with van der Waals surface area (Å²) in [4.78, 5) is 9.85. The van der Waals surface area contributed by atoms with E-state index >= 15 is 0 Å². The zero-order chi connectivity index (χ0) is 6.78. The maximum atomic E-state index is 11.6. The summed E-state index contributed by atoms with van der Waals surface area (Å²) in [5.41, 5.74) is 0. The number of hydrogen-bond acceptors (Lipinski definition) is 2. The SMILES string of the molecule is O=C(OI)C(F)(F)I. The van der Waals surface area contributed by atoms with Crippen LogP contribution in [0.1, 0.15) is 0 Å². The van der Waals surface area contributed by atoms with Gasteiger partial charge in [0, 0.05) is 22.6 Å². The van der Waals surface area contributed by atoms with E-state index in [0.717, 1.165) is 23.0 Å². The molecule has 0 unspecified atom stereocenters. The van der Waals surface area contributed by atoms with E-state index in [9.17, 15) is 13.6 Å². The Bertz CT molecular complexity index is 98.7. The summed E-state index contributed by atoms with van der Waals surface area (Å²) in [5.74, 6) is -1.53. The van der Waals surface area contributed by atoms with Gasteiger partial charge in [-0.15, -0.1) is 0 Å². The van der Waals surface area contributed by atoms with Crippen molar-refractivity contribution >= 4 is 51.6 Å². The predicted octanol–water partition coefficient (Wildman–Crippen LogP) is 1.91. The summed E-state index contributed by atoms with van der Waals surface area (Å²) in [6.07, 6.45) is 0. The molecule has 0 aromatic carbocycles. The number of rotatable bonds is 1. The molecular formula is C2F2I2O2. The maximum Gasteiger partial charge on any atom is 0.397 e. The third-order valence-electron chi connectivity index (χ3n) is 0.302. The summed E-state index contributed by atoms with van der Waals surface area (Å²) < 4.78 is 23.5. The highest BCUT2D eigenvalue weighted by atomic mass is 127. The molecule has 0 saturated carbocycles. The molecule has 0 spiro atoms. The number of hydrogen-bond donors (Lipinski definition) is 0. The Morgan fingerprint density at radius 1 is 1.62 bits per heavy atom. The van der Waals surface area contributed by atoms with Crippen molar-refractivity contribution < 1.29 is 16.6 Å². The standard InChI is InChI=1S/C2F2I2O2/c3-2(4,5)1(7)8-6. The van der Waals surface area contributed by atoms with Gasteiger partial charge < -0.3 is 3.07 Å². The summed E-state index contributed by atoms with van der Waals surface area (Å²) in [6, 6.07) is 0. The van der Waals surface area contributed by atoms with Crippen LogP contribution in [0.25, 0.3) is 0 Å². The van der Waals surface area contributed by atoms with Crippen molar-refractivity contribution in [2.24, 2.45) is 0 Å². The lowest BCUT2D eigenvalue weighted by atomic mass is 10.7. The first kappa shape index (κ1) is 8.79. The van der Waals surface area contributed by atoms with Gasteiger partial charge in [0.1, 0.15) is 0 Å². The van der Waals surface area contributed by atoms with Gasteiger partial charge in [-0.25, -0.2) is 4.79 Å². The van der Waals surface area contributed by atoms with Crippen molar-refractivity contribution in [3.05, 3.63) is 0 Å². The Morgan fingerprint density at radius 2 is 2.00 bits per heavy atom. The highest BCUT2D eigenvalue weighted by Crippen LogP contribution is 2.24. The van der Waals surface area contributed by atoms with Crippen molar-refractivity contribution in [2.45, 2.75) is 3.93 Å². The number of carbonyl (C=O) groups is 1. The van der Waals surface area contributed by atoms with Crippen molar-refractivity contribution in [2.75, 3.05) is 0 Å². The van der Waals surface area contributed by atoms with Crippen LogP contribution in [0.5, 0.6) is 0 Å². The lowest BCUT2D eigenvalue weighted by Gasteiger charge is -2.00. The normalized spacial score (nSPS) is 11.0. The largest absolute Gasteiger partial charge is 0.397 e. The van der Waals surface area contributed by atoms with Crippen LogP contribution in [0, 0.1) is 0 Å². The van der Waals surface area contributed by atoms with E-state index in [1.54, 1.807) is 0 Å². The van der Waals surface area contributed by atoms with Gasteiger partial charge in [0.05, 0.1) is 0 Å². The first-order valence-corrected chi connectivity index (χ1v) is 3.34. The van der Waals surface area contributed by atoms with Gasteiger partial charge in [0.25, 0.3) is 0 Å². The average Bonchev–Trinajstić information content (AvgIpc) is 1.62. The van der Waals surface area contributed by atoms with Gasteiger partial charge >= 0.3 is 9.90 Å². The van der Waals surface area contributed by atoms with Crippen LogP contribution >= 0.6 is 45.6 Å². The Kier molecular flexibility index (Phi) is 3.39. The molecule has 0 fully saturated rings. The van der Waals surface area contributed by atoms with Gasteiger partial charge in [-0.3, -0.25) is 0 Å². The molecule has 48 valence electrons. The molecule has 0 aliphatic rings. The predicted molar refractivity (Wildman–Crippen MR) is 39.1 cm³/mol. The van der Waals surface area contributed by atoms with Crippen molar-refractivity contribution in [1.29, 1.82) is 0 Å². The molecule has 0 aromatic heterocycles. The highest BCUT2D eigenvalue weighted by molar-refractivity contribution is 14.1. The van der Waals surface area contributed by atoms with Crippen molar-refractivity contribution in [1.82, 2.24) is 0 Å². The molecule has 0 aromatic rings. The molecule has 8 heavy (non-hydrogen) atoms. The molecule has 0 saturated heterocycles. The second-order valence-electron chi connectivity index (χ2n) is 0.862. The fourth-order valence-corrected chi connectivity index (χ4v) is 0.852. The quantitative estimate of drug-likeness (QED) is 0.535. The third-order valence-corrected chi connectivity index (χ3v) is 1.14. The van der Waals surface area contributed by atoms with Crippen LogP contribution in [0.3, 0.4) is 0 Å². The molecule has 0 aliphatic carbocycles. The molecular weight excluding hydrogens is 348 g/mol. The van der Waals surface area contributed by atoms with Crippen molar-refractivity contribution in [3.63, 3.8) is 0 Å². The second-order valence-corrected chi connectivity index (χ2v) is 2.66. The average molecular weight is 348 g/mol. The van der Waals surface area contributed by atoms with E-state index in [1.165, 1.54) is 0 Å². The molecule has 0 amide bonds. The smallest absolute Gasteiger partial charge is 0.389 e. The minimum Gasteiger partial charge on any atom is -0.389 e. The summed E-state index contributed by atoms with van der Waals surface area (Å²) in [6.45, 7) is 0. The van der Waals surface area contributed by atoms with E-state index in [2.05, 4.69) is 3.07 Å². The molecule has 0 N–H and O–H groups in total. The summed E-state index contributed by atoms with van der Waals surface area (Å²) >= 11 is 1.79. The van der Waals surface area contributed by atoms with Gasteiger partial charge in [0.15, 0.2) is 23.0 Å². The third kappa shape index (κ3) is 2.95. The molecule has 0 bridgehead atoms. The monoisotopic (exact) mass is 348 g/mol. The van der Waals surface area contributed by atoms with E-state index in [1.807, 2.05) is 0 Å². The maximum absolute atomic E-state index is 11.6. The number of halogens is 4. The Hall–Kier alpha value is 0.790. The Morgan fingerprint density at radius 3 is 2.00 bits per heavy atom. The minimum absolute atomic E-state index is 0.690. The molecule has 0 atom stereocenters. The summed E-state index contributed by atoms with van der Waals surface area (Å²) in [7, 11) is 0. The lowest BCUT2D eigenvalue weighted by Crippen LogP contribution is -2.19. The van der Waals surface area contributed by atoms with Crippen LogP contribution in [-0.2, 0) is 7.86 Å². The lowest BCUT2D eigenvalue weighted by molar-refractivity contribution is -0.144. The number of alkyl halides is 3. The fraction of sp³-hybridized carbons (Fsp3) is 0.500. The van der Waals surface area contributed by atoms with E-state index in [0.29, 0.717) is 22.6 Å². The topological polar surface area (TPSA) is 26.3 Å². The fourth-order valence-electron chi connectivity index (χ4n) is 0.0437. The Balaban J connectivity index is 3.82.